The second-order valence-corrected chi connectivity index (χ2v) is 6.11. The number of carbonyl (C=O) groups is 1. The molecule has 0 aliphatic rings. The molecule has 2 aromatic carbocycles. The first-order valence-corrected chi connectivity index (χ1v) is 7.79. The highest BCUT2D eigenvalue weighted by atomic mass is 32.2. The van der Waals surface area contributed by atoms with E-state index in [1.54, 1.807) is 25.1 Å². The van der Waals surface area contributed by atoms with E-state index in [9.17, 15) is 9.18 Å². The number of nitrogens with one attached hydrogen (secondary N) is 1. The summed E-state index contributed by atoms with van der Waals surface area (Å²) in [7, 11) is 0. The zero-order valence-corrected chi connectivity index (χ0v) is 12.9. The zero-order chi connectivity index (χ0) is 15.2. The third-order valence-electron chi connectivity index (χ3n) is 3.14. The maximum Gasteiger partial charge on any atom is 0.237 e. The van der Waals surface area contributed by atoms with E-state index in [1.807, 2.05) is 24.3 Å². The number of anilines is 1. The first-order chi connectivity index (χ1) is 10.1. The molecule has 0 aromatic heterocycles. The highest BCUT2D eigenvalue weighted by molar-refractivity contribution is 8.00. The summed E-state index contributed by atoms with van der Waals surface area (Å²) in [6.45, 7) is 3.85. The van der Waals surface area contributed by atoms with Crippen LogP contribution in [0.25, 0.3) is 0 Å². The van der Waals surface area contributed by atoms with Crippen LogP contribution >= 0.6 is 11.8 Å². The van der Waals surface area contributed by atoms with Gasteiger partial charge in [-0.3, -0.25) is 4.79 Å². The lowest BCUT2D eigenvalue weighted by Gasteiger charge is -2.12. The van der Waals surface area contributed by atoms with E-state index >= 15 is 0 Å². The lowest BCUT2D eigenvalue weighted by atomic mass is 10.1. The van der Waals surface area contributed by atoms with Gasteiger partial charge in [-0.1, -0.05) is 31.2 Å². The van der Waals surface area contributed by atoms with E-state index in [0.717, 1.165) is 12.1 Å². The molecule has 1 atom stereocenters. The van der Waals surface area contributed by atoms with Gasteiger partial charge in [0.15, 0.2) is 0 Å². The smallest absolute Gasteiger partial charge is 0.237 e. The quantitative estimate of drug-likeness (QED) is 0.824. The predicted molar refractivity (Wildman–Crippen MR) is 86.2 cm³/mol. The van der Waals surface area contributed by atoms with Gasteiger partial charge in [-0.15, -0.1) is 11.8 Å². The van der Waals surface area contributed by atoms with E-state index in [4.69, 9.17) is 0 Å². The first-order valence-electron chi connectivity index (χ1n) is 6.91. The Labute approximate surface area is 128 Å². The SMILES string of the molecule is CCc1ccc(NC(=O)C(C)Sc2ccccc2F)cc1. The Bertz CT molecular complexity index is 612. The summed E-state index contributed by atoms with van der Waals surface area (Å²) in [5.74, 6) is -0.429. The lowest BCUT2D eigenvalue weighted by Crippen LogP contribution is -2.22. The Morgan fingerprint density at radius 3 is 2.48 bits per heavy atom. The minimum atomic E-state index is -0.368. The molecule has 0 aliphatic heterocycles. The highest BCUT2D eigenvalue weighted by Gasteiger charge is 2.16. The van der Waals surface area contributed by atoms with Crippen LogP contribution in [0.1, 0.15) is 19.4 Å². The first kappa shape index (κ1) is 15.6. The molecule has 110 valence electrons. The second-order valence-electron chi connectivity index (χ2n) is 4.73. The molecule has 0 saturated heterocycles. The molecule has 1 unspecified atom stereocenters. The minimum absolute atomic E-state index is 0.132. The van der Waals surface area contributed by atoms with Gasteiger partial charge in [0.1, 0.15) is 5.82 Å². The zero-order valence-electron chi connectivity index (χ0n) is 12.1. The van der Waals surface area contributed by atoms with E-state index in [-0.39, 0.29) is 17.0 Å². The third-order valence-corrected chi connectivity index (χ3v) is 4.29. The molecule has 0 bridgehead atoms. The van der Waals surface area contributed by atoms with Crippen molar-refractivity contribution in [2.24, 2.45) is 0 Å². The fraction of sp³-hybridized carbons (Fsp3) is 0.235. The van der Waals surface area contributed by atoms with Gasteiger partial charge >= 0.3 is 0 Å². The summed E-state index contributed by atoms with van der Waals surface area (Å²) in [6.07, 6.45) is 0.966. The number of halogens is 1. The Kier molecular flexibility index (Phi) is 5.39. The Morgan fingerprint density at radius 1 is 1.19 bits per heavy atom. The molecule has 1 N–H and O–H groups in total. The Hall–Kier alpha value is -1.81. The fourth-order valence-corrected chi connectivity index (χ4v) is 2.74. The van der Waals surface area contributed by atoms with Gasteiger partial charge in [-0.25, -0.2) is 4.39 Å². The van der Waals surface area contributed by atoms with Gasteiger partial charge in [0.2, 0.25) is 5.91 Å². The molecule has 2 rings (SSSR count). The van der Waals surface area contributed by atoms with Crippen molar-refractivity contribution in [3.63, 3.8) is 0 Å². The summed E-state index contributed by atoms with van der Waals surface area (Å²) >= 11 is 1.22. The number of thioether (sulfide) groups is 1. The van der Waals surface area contributed by atoms with Crippen LogP contribution in [-0.4, -0.2) is 11.2 Å². The van der Waals surface area contributed by atoms with Crippen LogP contribution in [0.5, 0.6) is 0 Å². The molecule has 21 heavy (non-hydrogen) atoms. The van der Waals surface area contributed by atoms with Crippen molar-refractivity contribution in [1.29, 1.82) is 0 Å². The van der Waals surface area contributed by atoms with Crippen LogP contribution in [0.2, 0.25) is 0 Å². The normalized spacial score (nSPS) is 12.0. The van der Waals surface area contributed by atoms with Crippen molar-refractivity contribution in [1.82, 2.24) is 0 Å². The number of hydrogen-bond donors (Lipinski definition) is 1. The predicted octanol–water partition coefficient (Wildman–Crippen LogP) is 4.51. The monoisotopic (exact) mass is 303 g/mol. The molecule has 0 fully saturated rings. The number of amides is 1. The summed E-state index contributed by atoms with van der Waals surface area (Å²) < 4.78 is 13.6. The molecule has 2 nitrogen and oxygen atoms in total. The standard InChI is InChI=1S/C17H18FNOS/c1-3-13-8-10-14(11-9-13)19-17(20)12(2)21-16-7-5-4-6-15(16)18/h4-12H,3H2,1-2H3,(H,19,20). The van der Waals surface area contributed by atoms with E-state index < -0.39 is 0 Å². The van der Waals surface area contributed by atoms with Crippen LogP contribution in [0.3, 0.4) is 0 Å². The number of carbonyl (C=O) groups excluding carboxylic acids is 1. The molecule has 0 heterocycles. The van der Waals surface area contributed by atoms with Crippen molar-refractivity contribution >= 4 is 23.4 Å². The van der Waals surface area contributed by atoms with Gasteiger partial charge in [0.25, 0.3) is 0 Å². The molecular formula is C17H18FNOS. The van der Waals surface area contributed by atoms with Crippen molar-refractivity contribution in [2.75, 3.05) is 5.32 Å². The van der Waals surface area contributed by atoms with Crippen molar-refractivity contribution in [3.8, 4) is 0 Å². The van der Waals surface area contributed by atoms with Gasteiger partial charge in [0.05, 0.1) is 5.25 Å². The summed E-state index contributed by atoms with van der Waals surface area (Å²) in [5.41, 5.74) is 1.99. The van der Waals surface area contributed by atoms with E-state index in [1.165, 1.54) is 23.4 Å². The largest absolute Gasteiger partial charge is 0.325 e. The van der Waals surface area contributed by atoms with Gasteiger partial charge in [-0.2, -0.15) is 0 Å². The summed E-state index contributed by atoms with van der Waals surface area (Å²) in [4.78, 5) is 12.6. The molecule has 0 spiro atoms. The van der Waals surface area contributed by atoms with E-state index in [0.29, 0.717) is 4.90 Å². The lowest BCUT2D eigenvalue weighted by molar-refractivity contribution is -0.115. The summed E-state index contributed by atoms with van der Waals surface area (Å²) in [5, 5.41) is 2.48. The molecule has 0 saturated carbocycles. The molecule has 4 heteroatoms. The van der Waals surface area contributed by atoms with Gasteiger partial charge in [-0.05, 0) is 43.2 Å². The van der Waals surface area contributed by atoms with Crippen LogP contribution in [0.4, 0.5) is 10.1 Å². The number of aryl methyl sites for hydroxylation is 1. The number of benzene rings is 2. The van der Waals surface area contributed by atoms with Crippen LogP contribution < -0.4 is 5.32 Å². The third kappa shape index (κ3) is 4.33. The topological polar surface area (TPSA) is 29.1 Å². The number of hydrogen-bond acceptors (Lipinski definition) is 2. The van der Waals surface area contributed by atoms with Gasteiger partial charge < -0.3 is 5.32 Å². The molecule has 0 radical (unpaired) electrons. The molecule has 2 aromatic rings. The maximum atomic E-state index is 13.6. The molecular weight excluding hydrogens is 285 g/mol. The van der Waals surface area contributed by atoms with Crippen molar-refractivity contribution in [3.05, 3.63) is 59.9 Å². The van der Waals surface area contributed by atoms with Crippen molar-refractivity contribution < 1.29 is 9.18 Å². The highest BCUT2D eigenvalue weighted by Crippen LogP contribution is 2.26. The van der Waals surface area contributed by atoms with E-state index in [2.05, 4.69) is 12.2 Å². The van der Waals surface area contributed by atoms with Crippen LogP contribution in [-0.2, 0) is 11.2 Å². The minimum Gasteiger partial charge on any atom is -0.325 e. The molecule has 0 aliphatic carbocycles. The molecule has 1 amide bonds. The Morgan fingerprint density at radius 2 is 1.86 bits per heavy atom. The van der Waals surface area contributed by atoms with Crippen LogP contribution in [0, 0.1) is 5.82 Å². The second kappa shape index (κ2) is 7.27. The average Bonchev–Trinajstić information content (AvgIpc) is 2.50. The number of rotatable bonds is 5. The van der Waals surface area contributed by atoms with Crippen molar-refractivity contribution in [2.45, 2.75) is 30.4 Å². The average molecular weight is 303 g/mol. The Balaban J connectivity index is 1.97. The summed E-state index contributed by atoms with van der Waals surface area (Å²) in [6, 6.07) is 14.2. The van der Waals surface area contributed by atoms with Crippen LogP contribution in [0.15, 0.2) is 53.4 Å². The van der Waals surface area contributed by atoms with Gasteiger partial charge in [0, 0.05) is 10.6 Å². The maximum absolute atomic E-state index is 13.6. The fourth-order valence-electron chi connectivity index (χ4n) is 1.85.